The van der Waals surface area contributed by atoms with Crippen LogP contribution in [0.25, 0.3) is 0 Å². The van der Waals surface area contributed by atoms with Crippen LogP contribution in [0, 0.1) is 5.41 Å². The highest BCUT2D eigenvalue weighted by molar-refractivity contribution is 5.93. The maximum Gasteiger partial charge on any atom is 0.0524 e. The van der Waals surface area contributed by atoms with Gasteiger partial charge >= 0.3 is 0 Å². The normalized spacial score (nSPS) is 11.9. The maximum atomic E-state index is 7.23. The minimum atomic E-state index is -0.0604. The second-order valence-electron chi connectivity index (χ2n) is 4.20. The smallest absolute Gasteiger partial charge is 0.0524 e. The summed E-state index contributed by atoms with van der Waals surface area (Å²) in [5.74, 6) is 0. The van der Waals surface area contributed by atoms with Crippen LogP contribution in [0.5, 0.6) is 0 Å². The van der Waals surface area contributed by atoms with Crippen molar-refractivity contribution in [1.82, 2.24) is 0 Å². The molecule has 0 aromatic heterocycles. The fraction of sp³-hybridized carbons (Fsp3) is 0.333. The molecule has 14 heavy (non-hydrogen) atoms. The summed E-state index contributed by atoms with van der Waals surface area (Å²) >= 11 is 0. The van der Waals surface area contributed by atoms with Crippen molar-refractivity contribution >= 4 is 12.4 Å². The molecule has 0 aliphatic rings. The van der Waals surface area contributed by atoms with Gasteiger partial charge in [0.2, 0.25) is 0 Å². The Bertz CT molecular complexity index is 346. The zero-order valence-electron chi connectivity index (χ0n) is 8.91. The van der Waals surface area contributed by atoms with Crippen LogP contribution in [-0.4, -0.2) is 18.0 Å². The molecule has 74 valence electrons. The zero-order valence-corrected chi connectivity index (χ0v) is 8.91. The van der Waals surface area contributed by atoms with Crippen LogP contribution in [0.15, 0.2) is 29.3 Å². The summed E-state index contributed by atoms with van der Waals surface area (Å²) in [4.78, 5) is 4.41. The van der Waals surface area contributed by atoms with Crippen molar-refractivity contribution in [3.8, 4) is 0 Å². The molecule has 0 radical (unpaired) electrons. The second-order valence-corrected chi connectivity index (χ2v) is 4.20. The van der Waals surface area contributed by atoms with E-state index >= 15 is 0 Å². The zero-order chi connectivity index (χ0) is 10.6. The minimum Gasteiger partial charge on any atom is -0.308 e. The second kappa shape index (κ2) is 4.18. The average Bonchev–Trinajstić information content (AvgIpc) is 2.14. The Morgan fingerprint density at radius 1 is 1.14 bits per heavy atom. The van der Waals surface area contributed by atoms with Crippen molar-refractivity contribution in [2.45, 2.75) is 26.3 Å². The minimum absolute atomic E-state index is 0.0604. The SMILES string of the molecule is CC(C)(C)N=Cc1ccccc1C=N. The van der Waals surface area contributed by atoms with Crippen LogP contribution >= 0.6 is 0 Å². The Morgan fingerprint density at radius 2 is 1.71 bits per heavy atom. The van der Waals surface area contributed by atoms with E-state index in [9.17, 15) is 0 Å². The van der Waals surface area contributed by atoms with Crippen molar-refractivity contribution in [3.05, 3.63) is 35.4 Å². The number of rotatable bonds is 2. The van der Waals surface area contributed by atoms with E-state index in [4.69, 9.17) is 5.41 Å². The highest BCUT2D eigenvalue weighted by atomic mass is 14.8. The molecule has 0 fully saturated rings. The number of hydrogen-bond acceptors (Lipinski definition) is 2. The maximum absolute atomic E-state index is 7.23. The summed E-state index contributed by atoms with van der Waals surface area (Å²) in [6, 6.07) is 7.76. The van der Waals surface area contributed by atoms with Crippen LogP contribution < -0.4 is 0 Å². The fourth-order valence-electron chi connectivity index (χ4n) is 1.02. The first-order chi connectivity index (χ1) is 6.53. The van der Waals surface area contributed by atoms with Crippen LogP contribution in [0.2, 0.25) is 0 Å². The van der Waals surface area contributed by atoms with Gasteiger partial charge in [-0.2, -0.15) is 0 Å². The monoisotopic (exact) mass is 188 g/mol. The highest BCUT2D eigenvalue weighted by Gasteiger charge is 2.05. The summed E-state index contributed by atoms with van der Waals surface area (Å²) in [7, 11) is 0. The first-order valence-electron chi connectivity index (χ1n) is 4.68. The number of aliphatic imine (C=N–C) groups is 1. The standard InChI is InChI=1S/C12H16N2/c1-12(2,3)14-9-11-7-5-4-6-10(11)8-13/h4-9,13H,1-3H3. The third kappa shape index (κ3) is 3.13. The van der Waals surface area contributed by atoms with Gasteiger partial charge in [-0.3, -0.25) is 4.99 Å². The van der Waals surface area contributed by atoms with Gasteiger partial charge < -0.3 is 5.41 Å². The molecule has 2 heteroatoms. The Kier molecular flexibility index (Phi) is 3.18. The molecule has 1 N–H and O–H groups in total. The molecule has 1 aromatic rings. The van der Waals surface area contributed by atoms with Crippen molar-refractivity contribution < 1.29 is 0 Å². The molecule has 0 heterocycles. The van der Waals surface area contributed by atoms with E-state index in [0.29, 0.717) is 0 Å². The first kappa shape index (κ1) is 10.6. The molecule has 0 aliphatic carbocycles. The molecular formula is C12H16N2. The largest absolute Gasteiger partial charge is 0.308 e. The van der Waals surface area contributed by atoms with Gasteiger partial charge in [0.1, 0.15) is 0 Å². The first-order valence-corrected chi connectivity index (χ1v) is 4.68. The fourth-order valence-corrected chi connectivity index (χ4v) is 1.02. The topological polar surface area (TPSA) is 36.2 Å². The number of nitrogens with one attached hydrogen (secondary N) is 1. The van der Waals surface area contributed by atoms with Gasteiger partial charge in [0.25, 0.3) is 0 Å². The number of benzene rings is 1. The predicted octanol–water partition coefficient (Wildman–Crippen LogP) is 2.90. The van der Waals surface area contributed by atoms with Crippen molar-refractivity contribution in [2.75, 3.05) is 0 Å². The third-order valence-electron chi connectivity index (χ3n) is 1.74. The molecule has 0 bridgehead atoms. The average molecular weight is 188 g/mol. The van der Waals surface area contributed by atoms with E-state index in [1.807, 2.05) is 30.5 Å². The summed E-state index contributed by atoms with van der Waals surface area (Å²) < 4.78 is 0. The van der Waals surface area contributed by atoms with E-state index in [1.165, 1.54) is 6.21 Å². The third-order valence-corrected chi connectivity index (χ3v) is 1.74. The Balaban J connectivity index is 2.97. The molecule has 0 atom stereocenters. The van der Waals surface area contributed by atoms with Crippen molar-refractivity contribution in [2.24, 2.45) is 4.99 Å². The molecule has 0 amide bonds. The molecular weight excluding hydrogens is 172 g/mol. The lowest BCUT2D eigenvalue weighted by Gasteiger charge is -2.11. The lowest BCUT2D eigenvalue weighted by atomic mass is 10.1. The lowest BCUT2D eigenvalue weighted by Crippen LogP contribution is -2.10. The van der Waals surface area contributed by atoms with Crippen molar-refractivity contribution in [1.29, 1.82) is 5.41 Å². The van der Waals surface area contributed by atoms with Crippen LogP contribution in [-0.2, 0) is 0 Å². The number of nitrogens with zero attached hydrogens (tertiary/aromatic N) is 1. The molecule has 0 spiro atoms. The number of hydrogen-bond donors (Lipinski definition) is 1. The lowest BCUT2D eigenvalue weighted by molar-refractivity contribution is 0.586. The Morgan fingerprint density at radius 3 is 2.21 bits per heavy atom. The molecule has 0 aliphatic heterocycles. The molecule has 0 saturated heterocycles. The summed E-state index contributed by atoms with van der Waals surface area (Å²) in [5.41, 5.74) is 1.84. The van der Waals surface area contributed by atoms with E-state index in [-0.39, 0.29) is 5.54 Å². The summed E-state index contributed by atoms with van der Waals surface area (Å²) in [6.45, 7) is 6.16. The Labute approximate surface area is 85.2 Å². The molecule has 0 unspecified atom stereocenters. The van der Waals surface area contributed by atoms with Crippen LogP contribution in [0.1, 0.15) is 31.9 Å². The van der Waals surface area contributed by atoms with E-state index in [1.54, 1.807) is 0 Å². The van der Waals surface area contributed by atoms with Gasteiger partial charge in [-0.05, 0) is 20.8 Å². The molecule has 0 saturated carbocycles. The molecule has 1 aromatic carbocycles. The van der Waals surface area contributed by atoms with Gasteiger partial charge in [0.15, 0.2) is 0 Å². The Hall–Kier alpha value is -1.44. The summed E-state index contributed by atoms with van der Waals surface area (Å²) in [5, 5.41) is 7.23. The van der Waals surface area contributed by atoms with Crippen LogP contribution in [0.3, 0.4) is 0 Å². The molecule has 1 rings (SSSR count). The van der Waals surface area contributed by atoms with E-state index in [0.717, 1.165) is 11.1 Å². The summed E-state index contributed by atoms with van der Waals surface area (Å²) in [6.07, 6.45) is 3.18. The quantitative estimate of drug-likeness (QED) is 0.693. The highest BCUT2D eigenvalue weighted by Crippen LogP contribution is 2.08. The predicted molar refractivity (Wildman–Crippen MR) is 61.7 cm³/mol. The van der Waals surface area contributed by atoms with Gasteiger partial charge in [-0.15, -0.1) is 0 Å². The molecule has 2 nitrogen and oxygen atoms in total. The van der Waals surface area contributed by atoms with Gasteiger partial charge in [0.05, 0.1) is 5.54 Å². The van der Waals surface area contributed by atoms with Crippen LogP contribution in [0.4, 0.5) is 0 Å². The van der Waals surface area contributed by atoms with Crippen molar-refractivity contribution in [3.63, 3.8) is 0 Å². The van der Waals surface area contributed by atoms with E-state index in [2.05, 4.69) is 25.8 Å². The van der Waals surface area contributed by atoms with Gasteiger partial charge in [-0.1, -0.05) is 24.3 Å². The van der Waals surface area contributed by atoms with Gasteiger partial charge in [0, 0.05) is 23.6 Å². The van der Waals surface area contributed by atoms with Gasteiger partial charge in [-0.25, -0.2) is 0 Å². The van der Waals surface area contributed by atoms with E-state index < -0.39 is 0 Å².